The molecule has 23 heavy (non-hydrogen) atoms. The Morgan fingerprint density at radius 3 is 2.57 bits per heavy atom. The molecule has 0 aliphatic rings. The molecule has 0 unspecified atom stereocenters. The van der Waals surface area contributed by atoms with E-state index in [1.54, 1.807) is 18.2 Å². The first-order valence-corrected chi connectivity index (χ1v) is 8.73. The van der Waals surface area contributed by atoms with Gasteiger partial charge in [-0.25, -0.2) is 4.79 Å². The molecule has 0 aromatic heterocycles. The molecule has 0 saturated carbocycles. The highest BCUT2D eigenvalue weighted by molar-refractivity contribution is 14.1. The minimum absolute atomic E-state index is 0.0714. The summed E-state index contributed by atoms with van der Waals surface area (Å²) in [7, 11) is 0. The Balaban J connectivity index is 2.66. The second-order valence-corrected chi connectivity index (χ2v) is 7.30. The molecule has 0 aliphatic heterocycles. The Morgan fingerprint density at radius 2 is 1.96 bits per heavy atom. The number of rotatable bonds is 7. The number of unbranched alkanes of at least 4 members (excludes halogenated alkanes) is 1. The van der Waals surface area contributed by atoms with Crippen molar-refractivity contribution in [2.75, 3.05) is 13.2 Å². The van der Waals surface area contributed by atoms with Crippen LogP contribution in [0.5, 0.6) is 5.75 Å². The van der Waals surface area contributed by atoms with Gasteiger partial charge < -0.3 is 14.8 Å². The molecule has 0 spiro atoms. The van der Waals surface area contributed by atoms with Crippen molar-refractivity contribution in [3.05, 3.63) is 27.3 Å². The predicted molar refractivity (Wildman–Crippen MR) is 97.7 cm³/mol. The van der Waals surface area contributed by atoms with Gasteiger partial charge in [0.2, 0.25) is 0 Å². The van der Waals surface area contributed by atoms with Crippen molar-refractivity contribution in [1.82, 2.24) is 5.32 Å². The van der Waals surface area contributed by atoms with E-state index in [0.717, 1.165) is 16.4 Å². The zero-order valence-electron chi connectivity index (χ0n) is 14.1. The van der Waals surface area contributed by atoms with Gasteiger partial charge in [0.05, 0.1) is 5.56 Å². The summed E-state index contributed by atoms with van der Waals surface area (Å²) in [6.07, 6.45) is 1.97. The number of carbonyl (C=O) groups excluding carboxylic acids is 2. The van der Waals surface area contributed by atoms with E-state index in [0.29, 0.717) is 17.9 Å². The fourth-order valence-corrected chi connectivity index (χ4v) is 2.24. The maximum atomic E-state index is 12.2. The van der Waals surface area contributed by atoms with Crippen LogP contribution in [0.4, 0.5) is 0 Å². The topological polar surface area (TPSA) is 64.6 Å². The first-order valence-electron chi connectivity index (χ1n) is 7.65. The van der Waals surface area contributed by atoms with Crippen LogP contribution >= 0.6 is 22.6 Å². The van der Waals surface area contributed by atoms with Crippen molar-refractivity contribution in [3.8, 4) is 5.75 Å². The Kier molecular flexibility index (Phi) is 7.81. The van der Waals surface area contributed by atoms with Crippen molar-refractivity contribution >= 4 is 34.5 Å². The summed E-state index contributed by atoms with van der Waals surface area (Å²) >= 11 is 2.07. The minimum Gasteiger partial charge on any atom is -0.484 e. The van der Waals surface area contributed by atoms with Crippen molar-refractivity contribution in [3.63, 3.8) is 0 Å². The summed E-state index contributed by atoms with van der Waals surface area (Å²) in [4.78, 5) is 23.8. The largest absolute Gasteiger partial charge is 0.484 e. The highest BCUT2D eigenvalue weighted by Gasteiger charge is 2.20. The molecule has 1 aromatic rings. The molecule has 0 radical (unpaired) electrons. The van der Waals surface area contributed by atoms with Crippen LogP contribution < -0.4 is 10.1 Å². The summed E-state index contributed by atoms with van der Waals surface area (Å²) in [5.41, 5.74) is -0.125. The number of nitrogens with one attached hydrogen (secondary N) is 1. The lowest BCUT2D eigenvalue weighted by atomic mass is 10.1. The molecule has 5 nitrogen and oxygen atoms in total. The van der Waals surface area contributed by atoms with Crippen molar-refractivity contribution in [2.24, 2.45) is 0 Å². The lowest BCUT2D eigenvalue weighted by Crippen LogP contribution is -2.29. The zero-order chi connectivity index (χ0) is 17.5. The molecule has 1 rings (SSSR count). The van der Waals surface area contributed by atoms with Gasteiger partial charge in [0.1, 0.15) is 11.4 Å². The van der Waals surface area contributed by atoms with Gasteiger partial charge in [-0.3, -0.25) is 4.79 Å². The third-order valence-corrected chi connectivity index (χ3v) is 3.72. The Bertz CT molecular complexity index is 552. The fourth-order valence-electron chi connectivity index (χ4n) is 1.69. The number of carbonyl (C=O) groups is 2. The monoisotopic (exact) mass is 433 g/mol. The lowest BCUT2D eigenvalue weighted by Gasteiger charge is -2.20. The van der Waals surface area contributed by atoms with Gasteiger partial charge in [-0.05, 0) is 68.0 Å². The van der Waals surface area contributed by atoms with E-state index >= 15 is 0 Å². The van der Waals surface area contributed by atoms with E-state index < -0.39 is 11.6 Å². The maximum absolute atomic E-state index is 12.2. The normalized spacial score (nSPS) is 11.0. The van der Waals surface area contributed by atoms with E-state index in [1.165, 1.54) is 0 Å². The molecule has 0 fully saturated rings. The lowest BCUT2D eigenvalue weighted by molar-refractivity contribution is -0.123. The molecule has 128 valence electrons. The van der Waals surface area contributed by atoms with Crippen LogP contribution in [-0.4, -0.2) is 30.6 Å². The van der Waals surface area contributed by atoms with Crippen molar-refractivity contribution in [1.29, 1.82) is 0 Å². The van der Waals surface area contributed by atoms with Gasteiger partial charge in [-0.15, -0.1) is 0 Å². The molecule has 0 atom stereocenters. The SMILES string of the molecule is CCCCNC(=O)COc1ccc(I)c(C(=O)OC(C)(C)C)c1. The Morgan fingerprint density at radius 1 is 1.26 bits per heavy atom. The number of ether oxygens (including phenoxy) is 2. The second-order valence-electron chi connectivity index (χ2n) is 6.14. The van der Waals surface area contributed by atoms with Gasteiger partial charge in [0.25, 0.3) is 5.91 Å². The van der Waals surface area contributed by atoms with Gasteiger partial charge >= 0.3 is 5.97 Å². The summed E-state index contributed by atoms with van der Waals surface area (Å²) in [5, 5.41) is 2.78. The number of halogens is 1. The van der Waals surface area contributed by atoms with Crippen LogP contribution in [0.2, 0.25) is 0 Å². The first-order chi connectivity index (χ1) is 10.7. The molecular formula is C17H24INO4. The van der Waals surface area contributed by atoms with Gasteiger partial charge in [0, 0.05) is 10.1 Å². The third-order valence-electron chi connectivity index (χ3n) is 2.78. The smallest absolute Gasteiger partial charge is 0.339 e. The number of amides is 1. The van der Waals surface area contributed by atoms with Crippen LogP contribution in [-0.2, 0) is 9.53 Å². The van der Waals surface area contributed by atoms with E-state index in [9.17, 15) is 9.59 Å². The van der Waals surface area contributed by atoms with Gasteiger partial charge in [-0.1, -0.05) is 13.3 Å². The van der Waals surface area contributed by atoms with Crippen LogP contribution in [0.1, 0.15) is 50.9 Å². The molecule has 1 amide bonds. The third kappa shape index (κ3) is 7.67. The van der Waals surface area contributed by atoms with Gasteiger partial charge in [-0.2, -0.15) is 0 Å². The summed E-state index contributed by atoms with van der Waals surface area (Å²) in [6, 6.07) is 5.11. The van der Waals surface area contributed by atoms with E-state index in [2.05, 4.69) is 34.8 Å². The molecule has 0 bridgehead atoms. The average molecular weight is 433 g/mol. The van der Waals surface area contributed by atoms with Crippen LogP contribution in [0.15, 0.2) is 18.2 Å². The van der Waals surface area contributed by atoms with Crippen LogP contribution in [0, 0.1) is 3.57 Å². The quantitative estimate of drug-likeness (QED) is 0.406. The molecule has 0 aliphatic carbocycles. The minimum atomic E-state index is -0.559. The summed E-state index contributed by atoms with van der Waals surface area (Å²) in [5.74, 6) is -0.104. The first kappa shape index (κ1) is 19.7. The van der Waals surface area contributed by atoms with Crippen molar-refractivity contribution < 1.29 is 19.1 Å². The van der Waals surface area contributed by atoms with Crippen LogP contribution in [0.3, 0.4) is 0 Å². The highest BCUT2D eigenvalue weighted by atomic mass is 127. The average Bonchev–Trinajstić information content (AvgIpc) is 2.44. The predicted octanol–water partition coefficient (Wildman–Crippen LogP) is 3.54. The Hall–Kier alpha value is -1.31. The molecular weight excluding hydrogens is 409 g/mol. The zero-order valence-corrected chi connectivity index (χ0v) is 16.2. The number of benzene rings is 1. The molecule has 1 aromatic carbocycles. The molecule has 6 heteroatoms. The van der Waals surface area contributed by atoms with E-state index in [1.807, 2.05) is 20.8 Å². The number of esters is 1. The molecule has 0 saturated heterocycles. The second kappa shape index (κ2) is 9.10. The van der Waals surface area contributed by atoms with E-state index in [4.69, 9.17) is 9.47 Å². The van der Waals surface area contributed by atoms with Crippen LogP contribution in [0.25, 0.3) is 0 Å². The summed E-state index contributed by atoms with van der Waals surface area (Å²) in [6.45, 7) is 8.09. The number of hydrogen-bond acceptors (Lipinski definition) is 4. The molecule has 1 N–H and O–H groups in total. The van der Waals surface area contributed by atoms with E-state index in [-0.39, 0.29) is 12.5 Å². The maximum Gasteiger partial charge on any atom is 0.339 e. The molecule has 0 heterocycles. The summed E-state index contributed by atoms with van der Waals surface area (Å²) < 4.78 is 11.6. The van der Waals surface area contributed by atoms with Crippen molar-refractivity contribution in [2.45, 2.75) is 46.1 Å². The number of hydrogen-bond donors (Lipinski definition) is 1. The fraction of sp³-hybridized carbons (Fsp3) is 0.529. The highest BCUT2D eigenvalue weighted by Crippen LogP contribution is 2.22. The van der Waals surface area contributed by atoms with Gasteiger partial charge in [0.15, 0.2) is 6.61 Å². The standard InChI is InChI=1S/C17H24INO4/c1-5-6-9-19-15(20)11-22-12-7-8-14(18)13(10-12)16(21)23-17(2,3)4/h7-8,10H,5-6,9,11H2,1-4H3,(H,19,20). The Labute approximate surface area is 151 Å².